The van der Waals surface area contributed by atoms with Crippen molar-refractivity contribution < 1.29 is 4.79 Å². The van der Waals surface area contributed by atoms with Crippen molar-refractivity contribution in [1.29, 1.82) is 0 Å². The lowest BCUT2D eigenvalue weighted by Crippen LogP contribution is -2.23. The van der Waals surface area contributed by atoms with Crippen molar-refractivity contribution in [3.8, 4) is 0 Å². The monoisotopic (exact) mass is 318 g/mol. The van der Waals surface area contributed by atoms with E-state index in [1.807, 2.05) is 13.0 Å². The molecule has 116 valence electrons. The predicted molar refractivity (Wildman–Crippen MR) is 90.4 cm³/mol. The highest BCUT2D eigenvalue weighted by Crippen LogP contribution is 2.24. The van der Waals surface area contributed by atoms with E-state index in [1.165, 1.54) is 17.8 Å². The van der Waals surface area contributed by atoms with Crippen LogP contribution in [0.1, 0.15) is 12.5 Å². The molecule has 2 rings (SSSR count). The fourth-order valence-corrected chi connectivity index (χ4v) is 2.53. The molecule has 22 heavy (non-hydrogen) atoms. The van der Waals surface area contributed by atoms with Gasteiger partial charge in [-0.3, -0.25) is 4.79 Å². The maximum atomic E-state index is 12.3. The first-order valence-electron chi connectivity index (χ1n) is 6.59. The summed E-state index contributed by atoms with van der Waals surface area (Å²) in [6, 6.07) is 6.82. The SMILES string of the molecule is Cc1ccc(N)cc1NC(=O)C(C)Sc1nc(N)cc(N)n1. The molecule has 2 aromatic rings. The van der Waals surface area contributed by atoms with Crippen LogP contribution in [0.4, 0.5) is 23.0 Å². The first kappa shape index (κ1) is 15.9. The second kappa shape index (κ2) is 6.52. The third kappa shape index (κ3) is 4.01. The number of anilines is 4. The van der Waals surface area contributed by atoms with E-state index >= 15 is 0 Å². The Morgan fingerprint density at radius 2 is 1.82 bits per heavy atom. The molecule has 0 aliphatic heterocycles. The minimum absolute atomic E-state index is 0.178. The zero-order chi connectivity index (χ0) is 16.3. The largest absolute Gasteiger partial charge is 0.399 e. The summed E-state index contributed by atoms with van der Waals surface area (Å²) in [5.74, 6) is 0.367. The molecule has 0 aliphatic rings. The van der Waals surface area contributed by atoms with Crippen LogP contribution in [0.25, 0.3) is 0 Å². The van der Waals surface area contributed by atoms with E-state index < -0.39 is 5.25 Å². The number of nitrogen functional groups attached to an aromatic ring is 3. The number of nitrogens with two attached hydrogens (primary N) is 3. The molecule has 1 atom stereocenters. The molecule has 0 spiro atoms. The molecule has 1 heterocycles. The third-order valence-electron chi connectivity index (χ3n) is 2.92. The van der Waals surface area contributed by atoms with Crippen molar-refractivity contribution in [3.05, 3.63) is 29.8 Å². The van der Waals surface area contributed by atoms with Gasteiger partial charge in [0.1, 0.15) is 11.6 Å². The number of thioether (sulfide) groups is 1. The Bertz CT molecular complexity index is 685. The number of hydrogen-bond acceptors (Lipinski definition) is 7. The summed E-state index contributed by atoms with van der Waals surface area (Å²) in [5.41, 5.74) is 19.2. The van der Waals surface area contributed by atoms with Gasteiger partial charge in [0.25, 0.3) is 0 Å². The van der Waals surface area contributed by atoms with Gasteiger partial charge in [-0.1, -0.05) is 17.8 Å². The molecule has 0 saturated carbocycles. The van der Waals surface area contributed by atoms with Crippen molar-refractivity contribution >= 4 is 40.7 Å². The van der Waals surface area contributed by atoms with E-state index in [1.54, 1.807) is 19.1 Å². The minimum Gasteiger partial charge on any atom is -0.399 e. The zero-order valence-electron chi connectivity index (χ0n) is 12.3. The smallest absolute Gasteiger partial charge is 0.237 e. The number of nitrogens with one attached hydrogen (secondary N) is 1. The molecule has 7 nitrogen and oxygen atoms in total. The Hall–Kier alpha value is -2.48. The van der Waals surface area contributed by atoms with Crippen molar-refractivity contribution in [3.63, 3.8) is 0 Å². The highest BCUT2D eigenvalue weighted by atomic mass is 32.2. The number of benzene rings is 1. The van der Waals surface area contributed by atoms with E-state index in [9.17, 15) is 4.79 Å². The molecule has 7 N–H and O–H groups in total. The van der Waals surface area contributed by atoms with E-state index in [0.29, 0.717) is 16.5 Å². The molecule has 0 aliphatic carbocycles. The quantitative estimate of drug-likeness (QED) is 0.382. The Balaban J connectivity index is 2.07. The number of carbonyl (C=O) groups is 1. The number of carbonyl (C=O) groups excluding carboxylic acids is 1. The zero-order valence-corrected chi connectivity index (χ0v) is 13.1. The predicted octanol–water partition coefficient (Wildman–Crippen LogP) is 1.65. The van der Waals surface area contributed by atoms with Gasteiger partial charge < -0.3 is 22.5 Å². The summed E-state index contributed by atoms with van der Waals surface area (Å²) in [5, 5.41) is 2.79. The van der Waals surface area contributed by atoms with Crippen molar-refractivity contribution in [2.45, 2.75) is 24.3 Å². The highest BCUT2D eigenvalue weighted by Gasteiger charge is 2.17. The van der Waals surface area contributed by atoms with Crippen LogP contribution in [0.5, 0.6) is 0 Å². The van der Waals surface area contributed by atoms with Crippen LogP contribution in [0.2, 0.25) is 0 Å². The Morgan fingerprint density at radius 1 is 1.18 bits per heavy atom. The molecule has 1 unspecified atom stereocenters. The second-order valence-electron chi connectivity index (χ2n) is 4.82. The standard InChI is InChI=1S/C14H18N6OS/c1-7-3-4-9(15)5-10(7)18-13(21)8(2)22-14-19-11(16)6-12(17)20-14/h3-6,8H,15H2,1-2H3,(H,18,21)(H4,16,17,19,20). The van der Waals surface area contributed by atoms with E-state index in [-0.39, 0.29) is 17.5 Å². The number of rotatable bonds is 4. The second-order valence-corrected chi connectivity index (χ2v) is 6.13. The Kier molecular flexibility index (Phi) is 4.71. The lowest BCUT2D eigenvalue weighted by atomic mass is 10.2. The summed E-state index contributed by atoms with van der Waals surface area (Å²) in [6.07, 6.45) is 0. The highest BCUT2D eigenvalue weighted by molar-refractivity contribution is 8.00. The van der Waals surface area contributed by atoms with Gasteiger partial charge in [0.05, 0.1) is 5.25 Å². The van der Waals surface area contributed by atoms with Gasteiger partial charge >= 0.3 is 0 Å². The van der Waals surface area contributed by atoms with Gasteiger partial charge in [-0.15, -0.1) is 0 Å². The summed E-state index contributed by atoms with van der Waals surface area (Å²) in [4.78, 5) is 20.3. The molecule has 1 amide bonds. The van der Waals surface area contributed by atoms with Crippen molar-refractivity contribution in [2.24, 2.45) is 0 Å². The van der Waals surface area contributed by atoms with Crippen LogP contribution in [-0.2, 0) is 4.79 Å². The summed E-state index contributed by atoms with van der Waals surface area (Å²) >= 11 is 1.18. The van der Waals surface area contributed by atoms with E-state index in [2.05, 4.69) is 15.3 Å². The molecule has 8 heteroatoms. The number of aromatic nitrogens is 2. The summed E-state index contributed by atoms with van der Waals surface area (Å²) in [6.45, 7) is 3.65. The van der Waals surface area contributed by atoms with Crippen molar-refractivity contribution in [1.82, 2.24) is 9.97 Å². The van der Waals surface area contributed by atoms with Gasteiger partial charge in [0, 0.05) is 17.4 Å². The maximum Gasteiger partial charge on any atom is 0.237 e. The van der Waals surface area contributed by atoms with Gasteiger partial charge in [0.2, 0.25) is 5.91 Å². The summed E-state index contributed by atoms with van der Waals surface area (Å²) in [7, 11) is 0. The van der Waals surface area contributed by atoms with Crippen LogP contribution in [0.3, 0.4) is 0 Å². The minimum atomic E-state index is -0.415. The molecule has 0 radical (unpaired) electrons. The topological polar surface area (TPSA) is 133 Å². The Morgan fingerprint density at radius 3 is 2.45 bits per heavy atom. The van der Waals surface area contributed by atoms with Crippen LogP contribution in [0.15, 0.2) is 29.4 Å². The van der Waals surface area contributed by atoms with Gasteiger partial charge in [-0.05, 0) is 31.5 Å². The van der Waals surface area contributed by atoms with Crippen molar-refractivity contribution in [2.75, 3.05) is 22.5 Å². The van der Waals surface area contributed by atoms with Gasteiger partial charge in [-0.25, -0.2) is 9.97 Å². The van der Waals surface area contributed by atoms with Crippen LogP contribution in [0, 0.1) is 6.92 Å². The maximum absolute atomic E-state index is 12.3. The number of aryl methyl sites for hydroxylation is 1. The third-order valence-corrected chi connectivity index (χ3v) is 3.88. The first-order chi connectivity index (χ1) is 10.3. The lowest BCUT2D eigenvalue weighted by molar-refractivity contribution is -0.115. The molecule has 1 aromatic carbocycles. The van der Waals surface area contributed by atoms with Gasteiger partial charge in [0.15, 0.2) is 5.16 Å². The Labute approximate surface area is 132 Å². The van der Waals surface area contributed by atoms with Crippen LogP contribution >= 0.6 is 11.8 Å². The summed E-state index contributed by atoms with van der Waals surface area (Å²) < 4.78 is 0. The van der Waals surface area contributed by atoms with Crippen LogP contribution < -0.4 is 22.5 Å². The molecule has 0 fully saturated rings. The molecule has 0 bridgehead atoms. The molecule has 0 saturated heterocycles. The molecular formula is C14H18N6OS. The fraction of sp³-hybridized carbons (Fsp3) is 0.214. The number of hydrogen-bond donors (Lipinski definition) is 4. The average molecular weight is 318 g/mol. The molecule has 1 aromatic heterocycles. The number of amides is 1. The van der Waals surface area contributed by atoms with Crippen LogP contribution in [-0.4, -0.2) is 21.1 Å². The normalized spacial score (nSPS) is 11.9. The first-order valence-corrected chi connectivity index (χ1v) is 7.47. The average Bonchev–Trinajstić information content (AvgIpc) is 2.41. The van der Waals surface area contributed by atoms with Gasteiger partial charge in [-0.2, -0.15) is 0 Å². The van der Waals surface area contributed by atoms with E-state index in [4.69, 9.17) is 17.2 Å². The molecular weight excluding hydrogens is 300 g/mol. The fourth-order valence-electron chi connectivity index (χ4n) is 1.73. The van der Waals surface area contributed by atoms with E-state index in [0.717, 1.165) is 5.56 Å². The number of nitrogens with zero attached hydrogens (tertiary/aromatic N) is 2. The lowest BCUT2D eigenvalue weighted by Gasteiger charge is -2.13.